The molecule has 7 nitrogen and oxygen atoms in total. The van der Waals surface area contributed by atoms with Crippen LogP contribution < -0.4 is 5.56 Å². The van der Waals surface area contributed by atoms with Crippen LogP contribution in [-0.2, 0) is 17.1 Å². The summed E-state index contributed by atoms with van der Waals surface area (Å²) in [6.07, 6.45) is 2.66. The van der Waals surface area contributed by atoms with Gasteiger partial charge in [0.25, 0.3) is 5.91 Å². The fourth-order valence-corrected chi connectivity index (χ4v) is 2.95. The molecule has 0 N–H and O–H groups in total. The molecule has 8 heteroatoms. The second-order valence-corrected chi connectivity index (χ2v) is 6.80. The molecule has 1 saturated heterocycles. The summed E-state index contributed by atoms with van der Waals surface area (Å²) in [6.45, 7) is 1.32. The summed E-state index contributed by atoms with van der Waals surface area (Å²) in [5, 5.41) is 0. The van der Waals surface area contributed by atoms with Gasteiger partial charge in [0.2, 0.25) is 15.6 Å². The van der Waals surface area contributed by atoms with E-state index in [1.165, 1.54) is 27.2 Å². The van der Waals surface area contributed by atoms with Crippen LogP contribution in [0.1, 0.15) is 10.4 Å². The van der Waals surface area contributed by atoms with E-state index in [-0.39, 0.29) is 11.5 Å². The molecule has 0 saturated carbocycles. The van der Waals surface area contributed by atoms with Crippen LogP contribution in [0.3, 0.4) is 0 Å². The zero-order valence-corrected chi connectivity index (χ0v) is 12.3. The van der Waals surface area contributed by atoms with Crippen LogP contribution in [0.2, 0.25) is 0 Å². The molecular formula is C12H17N3O4S. The lowest BCUT2D eigenvalue weighted by Gasteiger charge is -2.33. The lowest BCUT2D eigenvalue weighted by atomic mass is 10.2. The minimum absolute atomic E-state index is 0.177. The number of aryl methyl sites for hydroxylation is 1. The van der Waals surface area contributed by atoms with Crippen molar-refractivity contribution in [3.63, 3.8) is 0 Å². The normalized spacial score (nSPS) is 17.2. The van der Waals surface area contributed by atoms with Crippen LogP contribution >= 0.6 is 0 Å². The Morgan fingerprint density at radius 3 is 2.25 bits per heavy atom. The van der Waals surface area contributed by atoms with Gasteiger partial charge in [0.15, 0.2) is 0 Å². The molecule has 20 heavy (non-hydrogen) atoms. The highest BCUT2D eigenvalue weighted by molar-refractivity contribution is 7.88. The van der Waals surface area contributed by atoms with Crippen molar-refractivity contribution in [3.05, 3.63) is 34.2 Å². The van der Waals surface area contributed by atoms with Gasteiger partial charge in [-0.25, -0.2) is 8.42 Å². The van der Waals surface area contributed by atoms with Crippen molar-refractivity contribution in [2.45, 2.75) is 0 Å². The summed E-state index contributed by atoms with van der Waals surface area (Å²) >= 11 is 0. The molecule has 0 spiro atoms. The SMILES string of the molecule is Cn1cc(C(=O)N2CCN(S(C)(=O)=O)CC2)ccc1=O. The predicted molar refractivity (Wildman–Crippen MR) is 74.0 cm³/mol. The molecule has 1 aromatic heterocycles. The van der Waals surface area contributed by atoms with E-state index in [1.807, 2.05) is 0 Å². The topological polar surface area (TPSA) is 79.7 Å². The van der Waals surface area contributed by atoms with Crippen LogP contribution in [0.15, 0.2) is 23.1 Å². The number of amides is 1. The molecule has 0 aliphatic carbocycles. The van der Waals surface area contributed by atoms with Gasteiger partial charge >= 0.3 is 0 Å². The second-order valence-electron chi connectivity index (χ2n) is 4.82. The summed E-state index contributed by atoms with van der Waals surface area (Å²) in [5.74, 6) is -0.186. The third kappa shape index (κ3) is 3.07. The van der Waals surface area contributed by atoms with Crippen LogP contribution in [0, 0.1) is 0 Å². The first kappa shape index (κ1) is 14.7. The molecule has 1 fully saturated rings. The standard InChI is InChI=1S/C12H17N3O4S/c1-13-9-10(3-4-11(13)16)12(17)14-5-7-15(8-6-14)20(2,18)19/h3-4,9H,5-8H2,1-2H3. The molecule has 1 aliphatic rings. The zero-order chi connectivity index (χ0) is 14.9. The second kappa shape index (κ2) is 5.37. The van der Waals surface area contributed by atoms with Crippen molar-refractivity contribution in [2.75, 3.05) is 32.4 Å². The number of hydrogen-bond acceptors (Lipinski definition) is 4. The summed E-state index contributed by atoms with van der Waals surface area (Å²) in [7, 11) is -1.62. The highest BCUT2D eigenvalue weighted by Gasteiger charge is 2.26. The largest absolute Gasteiger partial charge is 0.336 e. The number of piperazine rings is 1. The highest BCUT2D eigenvalue weighted by atomic mass is 32.2. The molecule has 1 amide bonds. The molecule has 0 aromatic carbocycles. The molecular weight excluding hydrogens is 282 g/mol. The Morgan fingerprint density at radius 2 is 1.75 bits per heavy atom. The first-order valence-corrected chi connectivity index (χ1v) is 8.05. The van der Waals surface area contributed by atoms with E-state index in [2.05, 4.69) is 0 Å². The molecule has 2 heterocycles. The first-order valence-electron chi connectivity index (χ1n) is 6.20. The van der Waals surface area contributed by atoms with Crippen LogP contribution in [0.4, 0.5) is 0 Å². The maximum Gasteiger partial charge on any atom is 0.255 e. The number of hydrogen-bond donors (Lipinski definition) is 0. The first-order chi connectivity index (χ1) is 9.29. The smallest absolute Gasteiger partial charge is 0.255 e. The van der Waals surface area contributed by atoms with Gasteiger partial charge in [-0.1, -0.05) is 0 Å². The maximum absolute atomic E-state index is 12.3. The van der Waals surface area contributed by atoms with Crippen molar-refractivity contribution >= 4 is 15.9 Å². The molecule has 0 radical (unpaired) electrons. The van der Waals surface area contributed by atoms with Gasteiger partial charge < -0.3 is 9.47 Å². The number of pyridine rings is 1. The number of nitrogens with zero attached hydrogens (tertiary/aromatic N) is 3. The summed E-state index contributed by atoms with van der Waals surface area (Å²) in [6, 6.07) is 2.84. The van der Waals surface area contributed by atoms with Gasteiger partial charge in [0.05, 0.1) is 11.8 Å². The van der Waals surface area contributed by atoms with E-state index >= 15 is 0 Å². The average Bonchev–Trinajstić information content (AvgIpc) is 2.40. The minimum atomic E-state index is -3.20. The quantitative estimate of drug-likeness (QED) is 0.709. The Labute approximate surface area is 117 Å². The van der Waals surface area contributed by atoms with Gasteiger partial charge in [-0.05, 0) is 6.07 Å². The number of carbonyl (C=O) groups is 1. The van der Waals surface area contributed by atoms with Gasteiger partial charge in [0.1, 0.15) is 0 Å². The molecule has 110 valence electrons. The highest BCUT2D eigenvalue weighted by Crippen LogP contribution is 2.09. The lowest BCUT2D eigenvalue weighted by Crippen LogP contribution is -2.50. The Hall–Kier alpha value is -1.67. The zero-order valence-electron chi connectivity index (χ0n) is 11.4. The monoisotopic (exact) mass is 299 g/mol. The molecule has 0 atom stereocenters. The summed E-state index contributed by atoms with van der Waals surface area (Å²) in [4.78, 5) is 25.1. The minimum Gasteiger partial charge on any atom is -0.336 e. The third-order valence-corrected chi connectivity index (χ3v) is 4.63. The molecule has 0 bridgehead atoms. The number of carbonyl (C=O) groups excluding carboxylic acids is 1. The third-order valence-electron chi connectivity index (χ3n) is 3.33. The van der Waals surface area contributed by atoms with Gasteiger partial charge in [0, 0.05) is 45.5 Å². The van der Waals surface area contributed by atoms with Crippen molar-refractivity contribution in [1.29, 1.82) is 0 Å². The van der Waals surface area contributed by atoms with E-state index < -0.39 is 10.0 Å². The van der Waals surface area contributed by atoms with Gasteiger partial charge in [-0.3, -0.25) is 9.59 Å². The lowest BCUT2D eigenvalue weighted by molar-refractivity contribution is 0.0697. The maximum atomic E-state index is 12.3. The van der Waals surface area contributed by atoms with E-state index in [0.29, 0.717) is 31.7 Å². The fourth-order valence-electron chi connectivity index (χ4n) is 2.13. The van der Waals surface area contributed by atoms with Crippen LogP contribution in [0.5, 0.6) is 0 Å². The van der Waals surface area contributed by atoms with E-state index in [4.69, 9.17) is 0 Å². The Morgan fingerprint density at radius 1 is 1.15 bits per heavy atom. The van der Waals surface area contributed by atoms with E-state index in [1.54, 1.807) is 11.9 Å². The van der Waals surface area contributed by atoms with Crippen molar-refractivity contribution in [2.24, 2.45) is 7.05 Å². The molecule has 1 aliphatic heterocycles. The Kier molecular flexibility index (Phi) is 3.96. The van der Waals surface area contributed by atoms with Crippen LogP contribution in [-0.4, -0.2) is 60.5 Å². The molecule has 1 aromatic rings. The van der Waals surface area contributed by atoms with Crippen LogP contribution in [0.25, 0.3) is 0 Å². The Balaban J connectivity index is 2.09. The number of rotatable bonds is 2. The van der Waals surface area contributed by atoms with Crippen molar-refractivity contribution in [1.82, 2.24) is 13.8 Å². The van der Waals surface area contributed by atoms with E-state index in [9.17, 15) is 18.0 Å². The summed E-state index contributed by atoms with van der Waals surface area (Å²) < 4.78 is 25.5. The number of aromatic nitrogens is 1. The average molecular weight is 299 g/mol. The van der Waals surface area contributed by atoms with Crippen molar-refractivity contribution in [3.8, 4) is 0 Å². The van der Waals surface area contributed by atoms with Gasteiger partial charge in [-0.2, -0.15) is 4.31 Å². The fraction of sp³-hybridized carbons (Fsp3) is 0.500. The Bertz CT molecular complexity index is 672. The number of sulfonamides is 1. The molecule has 2 rings (SSSR count). The van der Waals surface area contributed by atoms with Gasteiger partial charge in [-0.15, -0.1) is 0 Å². The molecule has 0 unspecified atom stereocenters. The summed E-state index contributed by atoms with van der Waals surface area (Å²) in [5.41, 5.74) is 0.253. The van der Waals surface area contributed by atoms with Crippen molar-refractivity contribution < 1.29 is 13.2 Å². The van der Waals surface area contributed by atoms with E-state index in [0.717, 1.165) is 6.26 Å². The predicted octanol–water partition coefficient (Wildman–Crippen LogP) is -0.897.